The third-order valence-electron chi connectivity index (χ3n) is 5.37. The highest BCUT2D eigenvalue weighted by Crippen LogP contribution is 2.29. The summed E-state index contributed by atoms with van der Waals surface area (Å²) in [6.07, 6.45) is 1.80. The molecule has 1 fully saturated rings. The SMILES string of the molecule is Cc1ccc(-c2cc(C(=O)NN=C3CCN(C(C)C)CC3)c3ccccc3n2)s1. The number of hydrogen-bond acceptors (Lipinski definition) is 5. The van der Waals surface area contributed by atoms with E-state index in [0.717, 1.165) is 53.1 Å². The van der Waals surface area contributed by atoms with E-state index in [1.54, 1.807) is 11.3 Å². The van der Waals surface area contributed by atoms with Gasteiger partial charge in [-0.3, -0.25) is 4.79 Å². The van der Waals surface area contributed by atoms with Crippen molar-refractivity contribution in [3.05, 3.63) is 52.9 Å². The zero-order valence-corrected chi connectivity index (χ0v) is 17.9. The Bertz CT molecular complexity index is 1060. The molecule has 4 rings (SSSR count). The van der Waals surface area contributed by atoms with Crippen molar-refractivity contribution in [2.24, 2.45) is 5.10 Å². The molecule has 0 saturated carbocycles. The number of hydrazone groups is 1. The Hall–Kier alpha value is -2.57. The van der Waals surface area contributed by atoms with Gasteiger partial charge in [-0.05, 0) is 45.0 Å². The molecule has 6 heteroatoms. The Morgan fingerprint density at radius 3 is 2.62 bits per heavy atom. The molecular formula is C23H26N4OS. The summed E-state index contributed by atoms with van der Waals surface area (Å²) >= 11 is 1.68. The van der Waals surface area contributed by atoms with Crippen LogP contribution < -0.4 is 5.43 Å². The maximum atomic E-state index is 13.0. The molecule has 0 aliphatic carbocycles. The van der Waals surface area contributed by atoms with Gasteiger partial charge in [0.25, 0.3) is 5.91 Å². The summed E-state index contributed by atoms with van der Waals surface area (Å²) in [7, 11) is 0. The van der Waals surface area contributed by atoms with E-state index in [1.165, 1.54) is 4.88 Å². The van der Waals surface area contributed by atoms with Crippen LogP contribution in [-0.4, -0.2) is 40.6 Å². The minimum atomic E-state index is -0.183. The zero-order valence-electron chi connectivity index (χ0n) is 17.1. The molecule has 0 radical (unpaired) electrons. The first-order valence-electron chi connectivity index (χ1n) is 10.1. The van der Waals surface area contributed by atoms with Crippen LogP contribution in [0, 0.1) is 6.92 Å². The first kappa shape index (κ1) is 19.7. The van der Waals surface area contributed by atoms with Crippen LogP contribution in [-0.2, 0) is 0 Å². The quantitative estimate of drug-likeness (QED) is 0.630. The van der Waals surface area contributed by atoms with Gasteiger partial charge in [-0.2, -0.15) is 5.10 Å². The molecule has 1 aliphatic rings. The molecule has 1 amide bonds. The Morgan fingerprint density at radius 1 is 1.17 bits per heavy atom. The molecule has 2 aromatic heterocycles. The predicted molar refractivity (Wildman–Crippen MR) is 121 cm³/mol. The van der Waals surface area contributed by atoms with E-state index in [4.69, 9.17) is 4.98 Å². The lowest BCUT2D eigenvalue weighted by Gasteiger charge is -2.30. The number of aryl methyl sites for hydroxylation is 1. The van der Waals surface area contributed by atoms with Crippen molar-refractivity contribution >= 4 is 33.9 Å². The Balaban J connectivity index is 1.59. The molecule has 29 heavy (non-hydrogen) atoms. The van der Waals surface area contributed by atoms with Crippen molar-refractivity contribution in [3.8, 4) is 10.6 Å². The number of piperidine rings is 1. The average molecular weight is 407 g/mol. The molecule has 0 atom stereocenters. The fourth-order valence-corrected chi connectivity index (χ4v) is 4.49. The lowest BCUT2D eigenvalue weighted by atomic mass is 10.1. The van der Waals surface area contributed by atoms with Crippen LogP contribution in [0.15, 0.2) is 47.6 Å². The molecule has 1 aromatic carbocycles. The molecule has 0 bridgehead atoms. The maximum absolute atomic E-state index is 13.0. The number of hydrogen-bond donors (Lipinski definition) is 1. The molecule has 3 heterocycles. The number of fused-ring (bicyclic) bond motifs is 1. The summed E-state index contributed by atoms with van der Waals surface area (Å²) in [5, 5.41) is 5.28. The number of nitrogens with one attached hydrogen (secondary N) is 1. The molecular weight excluding hydrogens is 380 g/mol. The smallest absolute Gasteiger partial charge is 0.272 e. The highest BCUT2D eigenvalue weighted by atomic mass is 32.1. The summed E-state index contributed by atoms with van der Waals surface area (Å²) in [6, 6.07) is 14.3. The van der Waals surface area contributed by atoms with Crippen molar-refractivity contribution in [1.82, 2.24) is 15.3 Å². The topological polar surface area (TPSA) is 57.6 Å². The number of nitrogens with zero attached hydrogens (tertiary/aromatic N) is 3. The third kappa shape index (κ3) is 4.38. The minimum Gasteiger partial charge on any atom is -0.300 e. The number of amides is 1. The van der Waals surface area contributed by atoms with Crippen LogP contribution in [0.1, 0.15) is 41.9 Å². The van der Waals surface area contributed by atoms with Gasteiger partial charge >= 0.3 is 0 Å². The normalized spacial score (nSPS) is 15.1. The first-order chi connectivity index (χ1) is 14.0. The van der Waals surface area contributed by atoms with E-state index in [0.29, 0.717) is 11.6 Å². The second kappa shape index (κ2) is 8.43. The number of likely N-dealkylation sites (tertiary alicyclic amines) is 1. The van der Waals surface area contributed by atoms with Gasteiger partial charge in [0.1, 0.15) is 0 Å². The second-order valence-corrected chi connectivity index (χ2v) is 9.02. The van der Waals surface area contributed by atoms with Crippen molar-refractivity contribution in [1.29, 1.82) is 0 Å². The van der Waals surface area contributed by atoms with Gasteiger partial charge in [-0.1, -0.05) is 18.2 Å². The van der Waals surface area contributed by atoms with Crippen molar-refractivity contribution < 1.29 is 4.79 Å². The van der Waals surface area contributed by atoms with Crippen LogP contribution in [0.25, 0.3) is 21.5 Å². The molecule has 1 saturated heterocycles. The van der Waals surface area contributed by atoms with Crippen LogP contribution in [0.5, 0.6) is 0 Å². The van der Waals surface area contributed by atoms with Crippen molar-refractivity contribution in [2.75, 3.05) is 13.1 Å². The Labute approximate surface area is 175 Å². The van der Waals surface area contributed by atoms with Crippen LogP contribution in [0.2, 0.25) is 0 Å². The number of rotatable bonds is 4. The maximum Gasteiger partial charge on any atom is 0.272 e. The first-order valence-corrected chi connectivity index (χ1v) is 10.9. The second-order valence-electron chi connectivity index (χ2n) is 7.73. The van der Waals surface area contributed by atoms with Crippen LogP contribution in [0.3, 0.4) is 0 Å². The van der Waals surface area contributed by atoms with E-state index in [2.05, 4.69) is 48.3 Å². The van der Waals surface area contributed by atoms with E-state index < -0.39 is 0 Å². The van der Waals surface area contributed by atoms with E-state index in [1.807, 2.05) is 30.3 Å². The Morgan fingerprint density at radius 2 is 1.93 bits per heavy atom. The summed E-state index contributed by atoms with van der Waals surface area (Å²) < 4.78 is 0. The number of para-hydroxylation sites is 1. The average Bonchev–Trinajstić information content (AvgIpc) is 3.18. The number of carbonyl (C=O) groups excluding carboxylic acids is 1. The van der Waals surface area contributed by atoms with E-state index >= 15 is 0 Å². The van der Waals surface area contributed by atoms with Gasteiger partial charge in [-0.25, -0.2) is 10.4 Å². The van der Waals surface area contributed by atoms with Crippen molar-refractivity contribution in [3.63, 3.8) is 0 Å². The van der Waals surface area contributed by atoms with Crippen LogP contribution in [0.4, 0.5) is 0 Å². The van der Waals surface area contributed by atoms with E-state index in [-0.39, 0.29) is 5.91 Å². The fraction of sp³-hybridized carbons (Fsp3) is 0.348. The van der Waals surface area contributed by atoms with Crippen LogP contribution >= 0.6 is 11.3 Å². The van der Waals surface area contributed by atoms with Gasteiger partial charge in [0, 0.05) is 47.9 Å². The number of pyridine rings is 1. The highest BCUT2D eigenvalue weighted by molar-refractivity contribution is 7.15. The van der Waals surface area contributed by atoms with Crippen molar-refractivity contribution in [2.45, 2.75) is 39.7 Å². The van der Waals surface area contributed by atoms with Gasteiger partial charge in [0.15, 0.2) is 0 Å². The monoisotopic (exact) mass is 406 g/mol. The largest absolute Gasteiger partial charge is 0.300 e. The highest BCUT2D eigenvalue weighted by Gasteiger charge is 2.18. The lowest BCUT2D eigenvalue weighted by Crippen LogP contribution is -2.39. The Kier molecular flexibility index (Phi) is 5.74. The molecule has 3 aromatic rings. The predicted octanol–water partition coefficient (Wildman–Crippen LogP) is 4.86. The summed E-state index contributed by atoms with van der Waals surface area (Å²) in [4.78, 5) is 22.5. The summed E-state index contributed by atoms with van der Waals surface area (Å²) in [6.45, 7) is 8.48. The van der Waals surface area contributed by atoms with Gasteiger partial charge in [0.2, 0.25) is 0 Å². The molecule has 1 aliphatic heterocycles. The summed E-state index contributed by atoms with van der Waals surface area (Å²) in [5.41, 5.74) is 6.11. The van der Waals surface area contributed by atoms with E-state index in [9.17, 15) is 4.79 Å². The molecule has 1 N–H and O–H groups in total. The molecule has 0 unspecified atom stereocenters. The molecule has 150 valence electrons. The van der Waals surface area contributed by atoms with Gasteiger partial charge < -0.3 is 4.90 Å². The number of aromatic nitrogens is 1. The fourth-order valence-electron chi connectivity index (χ4n) is 3.66. The minimum absolute atomic E-state index is 0.183. The summed E-state index contributed by atoms with van der Waals surface area (Å²) in [5.74, 6) is -0.183. The third-order valence-corrected chi connectivity index (χ3v) is 6.40. The van der Waals surface area contributed by atoms with Gasteiger partial charge in [-0.15, -0.1) is 11.3 Å². The van der Waals surface area contributed by atoms with Gasteiger partial charge in [0.05, 0.1) is 21.7 Å². The molecule has 5 nitrogen and oxygen atoms in total. The standard InChI is InChI=1S/C23H26N4OS/c1-15(2)27-12-10-17(11-13-27)25-26-23(28)19-14-21(22-9-8-16(3)29-22)24-20-7-5-4-6-18(19)20/h4-9,14-15H,10-13H2,1-3H3,(H,26,28). The number of thiophene rings is 1. The zero-order chi connectivity index (χ0) is 20.4. The number of benzene rings is 1. The lowest BCUT2D eigenvalue weighted by molar-refractivity contribution is 0.0956. The molecule has 0 spiro atoms. The number of carbonyl (C=O) groups is 1.